The number of carbonyl (C=O) groups is 1. The van der Waals surface area contributed by atoms with Gasteiger partial charge in [-0.1, -0.05) is 17.7 Å². The summed E-state index contributed by atoms with van der Waals surface area (Å²) >= 11 is 6.04. The molecule has 1 saturated heterocycles. The smallest absolute Gasteiger partial charge is 0.263 e. The quantitative estimate of drug-likeness (QED) is 0.923. The van der Waals surface area contributed by atoms with Crippen LogP contribution in [-0.4, -0.2) is 41.2 Å². The molecule has 1 amide bonds. The Balaban J connectivity index is 2.02. The van der Waals surface area contributed by atoms with E-state index in [0.29, 0.717) is 30.3 Å². The van der Waals surface area contributed by atoms with Crippen molar-refractivity contribution in [2.45, 2.75) is 32.5 Å². The number of likely N-dealkylation sites (tertiary alicyclic amines) is 1. The molecule has 0 bridgehead atoms. The Hall–Kier alpha value is -1.26. The summed E-state index contributed by atoms with van der Waals surface area (Å²) in [5.74, 6) is 0.399. The molecule has 1 aliphatic heterocycles. The van der Waals surface area contributed by atoms with E-state index in [1.807, 2.05) is 19.1 Å². The van der Waals surface area contributed by atoms with Crippen LogP contribution in [0.4, 0.5) is 0 Å². The van der Waals surface area contributed by atoms with Crippen LogP contribution in [0.3, 0.4) is 0 Å². The number of halogens is 1. The van der Waals surface area contributed by atoms with E-state index in [1.54, 1.807) is 17.9 Å². The molecule has 5 heteroatoms. The Morgan fingerprint density at radius 2 is 2.32 bits per heavy atom. The first-order valence-corrected chi connectivity index (χ1v) is 6.75. The molecule has 2 atom stereocenters. The van der Waals surface area contributed by atoms with E-state index < -0.39 is 12.2 Å². The van der Waals surface area contributed by atoms with Crippen molar-refractivity contribution in [3.05, 3.63) is 28.8 Å². The van der Waals surface area contributed by atoms with Crippen molar-refractivity contribution < 1.29 is 14.6 Å². The lowest BCUT2D eigenvalue weighted by atomic mass is 10.2. The molecule has 1 N–H and O–H groups in total. The Bertz CT molecular complexity index is 478. The average molecular weight is 284 g/mol. The lowest BCUT2D eigenvalue weighted by Crippen LogP contribution is -2.39. The van der Waals surface area contributed by atoms with Gasteiger partial charge >= 0.3 is 0 Å². The number of aliphatic hydroxyl groups excluding tert-OH is 1. The highest BCUT2D eigenvalue weighted by molar-refractivity contribution is 6.32. The molecule has 2 rings (SSSR count). The Kier molecular flexibility index (Phi) is 4.32. The topological polar surface area (TPSA) is 49.8 Å². The third-order valence-electron chi connectivity index (χ3n) is 3.21. The first-order chi connectivity index (χ1) is 8.97. The molecule has 19 heavy (non-hydrogen) atoms. The maximum absolute atomic E-state index is 12.1. The number of ether oxygens (including phenoxy) is 1. The highest BCUT2D eigenvalue weighted by atomic mass is 35.5. The molecule has 0 saturated carbocycles. The fraction of sp³-hybridized carbons (Fsp3) is 0.500. The number of amides is 1. The van der Waals surface area contributed by atoms with Gasteiger partial charge in [0.15, 0.2) is 6.10 Å². The largest absolute Gasteiger partial charge is 0.479 e. The molecule has 0 radical (unpaired) electrons. The van der Waals surface area contributed by atoms with Crippen LogP contribution in [0, 0.1) is 6.92 Å². The maximum atomic E-state index is 12.1. The molecule has 1 aliphatic rings. The molecule has 0 spiro atoms. The molecule has 1 heterocycles. The minimum Gasteiger partial charge on any atom is -0.479 e. The maximum Gasteiger partial charge on any atom is 0.263 e. The fourth-order valence-electron chi connectivity index (χ4n) is 2.14. The minimum absolute atomic E-state index is 0.117. The van der Waals surface area contributed by atoms with Gasteiger partial charge < -0.3 is 14.7 Å². The molecule has 104 valence electrons. The summed E-state index contributed by atoms with van der Waals surface area (Å²) in [6.07, 6.45) is -0.396. The zero-order valence-electron chi connectivity index (χ0n) is 11.1. The van der Waals surface area contributed by atoms with Gasteiger partial charge in [-0.25, -0.2) is 0 Å². The minimum atomic E-state index is -0.607. The summed E-state index contributed by atoms with van der Waals surface area (Å²) in [7, 11) is 0. The molecule has 0 aliphatic carbocycles. The second-order valence-electron chi connectivity index (χ2n) is 4.92. The molecule has 1 unspecified atom stereocenters. The van der Waals surface area contributed by atoms with E-state index in [4.69, 9.17) is 16.3 Å². The lowest BCUT2D eigenvalue weighted by molar-refractivity contribution is -0.137. The third-order valence-corrected chi connectivity index (χ3v) is 3.53. The van der Waals surface area contributed by atoms with Crippen LogP contribution >= 0.6 is 11.6 Å². The zero-order valence-corrected chi connectivity index (χ0v) is 11.9. The zero-order chi connectivity index (χ0) is 14.0. The number of nitrogens with zero attached hydrogens (tertiary/aromatic N) is 1. The second kappa shape index (κ2) is 5.80. The van der Waals surface area contributed by atoms with Gasteiger partial charge in [-0.05, 0) is 38.0 Å². The van der Waals surface area contributed by atoms with E-state index >= 15 is 0 Å². The number of hydrogen-bond acceptors (Lipinski definition) is 3. The molecular weight excluding hydrogens is 266 g/mol. The first kappa shape index (κ1) is 14.2. The molecule has 1 fully saturated rings. The SMILES string of the molecule is Cc1ccc(Cl)c(OC(C)C(=O)N2CC[C@@H](O)C2)c1. The van der Waals surface area contributed by atoms with Crippen molar-refractivity contribution in [1.29, 1.82) is 0 Å². The summed E-state index contributed by atoms with van der Waals surface area (Å²) in [4.78, 5) is 13.8. The van der Waals surface area contributed by atoms with E-state index in [1.165, 1.54) is 0 Å². The van der Waals surface area contributed by atoms with Crippen LogP contribution in [0.5, 0.6) is 5.75 Å². The van der Waals surface area contributed by atoms with E-state index in [0.717, 1.165) is 5.56 Å². The normalized spacial score (nSPS) is 20.4. The Labute approximate surface area is 117 Å². The van der Waals surface area contributed by atoms with Crippen LogP contribution in [0.25, 0.3) is 0 Å². The van der Waals surface area contributed by atoms with Crippen LogP contribution < -0.4 is 4.74 Å². The van der Waals surface area contributed by atoms with Crippen molar-refractivity contribution in [2.75, 3.05) is 13.1 Å². The predicted octanol–water partition coefficient (Wildman–Crippen LogP) is 2.01. The summed E-state index contributed by atoms with van der Waals surface area (Å²) in [6, 6.07) is 5.45. The van der Waals surface area contributed by atoms with Gasteiger partial charge in [0.2, 0.25) is 0 Å². The van der Waals surface area contributed by atoms with Crippen molar-refractivity contribution >= 4 is 17.5 Å². The van der Waals surface area contributed by atoms with Crippen LogP contribution in [0.2, 0.25) is 5.02 Å². The predicted molar refractivity (Wildman–Crippen MR) is 73.5 cm³/mol. The van der Waals surface area contributed by atoms with Crippen LogP contribution in [0.1, 0.15) is 18.9 Å². The Morgan fingerprint density at radius 3 is 2.95 bits per heavy atom. The highest BCUT2D eigenvalue weighted by Crippen LogP contribution is 2.26. The third kappa shape index (κ3) is 3.39. The molecule has 4 nitrogen and oxygen atoms in total. The van der Waals surface area contributed by atoms with E-state index in [9.17, 15) is 9.90 Å². The fourth-order valence-corrected chi connectivity index (χ4v) is 2.30. The van der Waals surface area contributed by atoms with Gasteiger partial charge in [-0.15, -0.1) is 0 Å². The first-order valence-electron chi connectivity index (χ1n) is 6.37. The number of rotatable bonds is 3. The number of aliphatic hydroxyl groups is 1. The van der Waals surface area contributed by atoms with Crippen molar-refractivity contribution in [1.82, 2.24) is 4.90 Å². The molecule has 1 aromatic rings. The number of carbonyl (C=O) groups excluding carboxylic acids is 1. The number of β-amino-alcohol motifs (C(OH)–C–C–N with tert-alkyl or cyclic N) is 1. The van der Waals surface area contributed by atoms with Crippen molar-refractivity contribution in [3.63, 3.8) is 0 Å². The monoisotopic (exact) mass is 283 g/mol. The number of benzene rings is 1. The van der Waals surface area contributed by atoms with Crippen LogP contribution in [-0.2, 0) is 4.79 Å². The highest BCUT2D eigenvalue weighted by Gasteiger charge is 2.29. The van der Waals surface area contributed by atoms with E-state index in [-0.39, 0.29) is 5.91 Å². The van der Waals surface area contributed by atoms with Gasteiger partial charge in [0.25, 0.3) is 5.91 Å². The molecule has 0 aromatic heterocycles. The van der Waals surface area contributed by atoms with Crippen molar-refractivity contribution in [3.8, 4) is 5.75 Å². The Morgan fingerprint density at radius 1 is 1.58 bits per heavy atom. The van der Waals surface area contributed by atoms with Gasteiger partial charge in [0.1, 0.15) is 5.75 Å². The summed E-state index contributed by atoms with van der Waals surface area (Å²) in [6.45, 7) is 4.60. The molecular formula is C14H18ClNO3. The second-order valence-corrected chi connectivity index (χ2v) is 5.33. The summed E-state index contributed by atoms with van der Waals surface area (Å²) in [5.41, 5.74) is 1.02. The van der Waals surface area contributed by atoms with Crippen molar-refractivity contribution in [2.24, 2.45) is 0 Å². The summed E-state index contributed by atoms with van der Waals surface area (Å²) < 4.78 is 5.63. The average Bonchev–Trinajstić information content (AvgIpc) is 2.79. The van der Waals surface area contributed by atoms with Gasteiger partial charge in [0.05, 0.1) is 11.1 Å². The van der Waals surface area contributed by atoms with Gasteiger partial charge in [0, 0.05) is 13.1 Å². The van der Waals surface area contributed by atoms with Crippen LogP contribution in [0.15, 0.2) is 18.2 Å². The standard InChI is InChI=1S/C14H18ClNO3/c1-9-3-4-12(15)13(7-9)19-10(2)14(18)16-6-5-11(17)8-16/h3-4,7,10-11,17H,5-6,8H2,1-2H3/t10?,11-/m1/s1. The number of aryl methyl sites for hydroxylation is 1. The molecule has 1 aromatic carbocycles. The van der Waals surface area contributed by atoms with E-state index in [2.05, 4.69) is 0 Å². The lowest BCUT2D eigenvalue weighted by Gasteiger charge is -2.21. The number of hydrogen-bond donors (Lipinski definition) is 1. The van der Waals surface area contributed by atoms with Gasteiger partial charge in [-0.2, -0.15) is 0 Å². The van der Waals surface area contributed by atoms with Gasteiger partial charge in [-0.3, -0.25) is 4.79 Å². The summed E-state index contributed by atoms with van der Waals surface area (Å²) in [5, 5.41) is 9.94.